The summed E-state index contributed by atoms with van der Waals surface area (Å²) in [5, 5.41) is 115. The highest BCUT2D eigenvalue weighted by molar-refractivity contribution is 6.16. The first-order valence-corrected chi connectivity index (χ1v) is 13.1. The van der Waals surface area contributed by atoms with Crippen LogP contribution in [0.2, 0.25) is 0 Å². The number of aliphatic hydroxyl groups is 9. The number of carbonyl (C=O) groups excluding carboxylic acids is 1. The number of hydrogen-bond donors (Lipinski definition) is 11. The van der Waals surface area contributed by atoms with Crippen LogP contribution in [0.15, 0.2) is 30.3 Å². The van der Waals surface area contributed by atoms with Crippen molar-refractivity contribution in [3.8, 4) is 11.5 Å². The lowest BCUT2D eigenvalue weighted by Gasteiger charge is -2.49. The first-order valence-electron chi connectivity index (χ1n) is 13.1. The Kier molecular flexibility index (Phi) is 8.22. The summed E-state index contributed by atoms with van der Waals surface area (Å²) in [7, 11) is 0. The van der Waals surface area contributed by atoms with Crippen LogP contribution in [0.25, 0.3) is 0 Å². The summed E-state index contributed by atoms with van der Waals surface area (Å²) in [4.78, 5) is 25.8. The van der Waals surface area contributed by atoms with Gasteiger partial charge in [0, 0.05) is 11.1 Å². The maximum atomic E-state index is 13.9. The van der Waals surface area contributed by atoms with Gasteiger partial charge in [-0.25, -0.2) is 4.79 Å². The van der Waals surface area contributed by atoms with Gasteiger partial charge < -0.3 is 70.4 Å². The second-order valence-corrected chi connectivity index (χ2v) is 10.6. The molecule has 0 amide bonds. The molecule has 0 bridgehead atoms. The largest absolute Gasteiger partial charge is 0.507 e. The van der Waals surface area contributed by atoms with Crippen LogP contribution in [-0.4, -0.2) is 142 Å². The molecule has 2 aliphatic heterocycles. The first-order chi connectivity index (χ1) is 20.3. The number of carbonyl (C=O) groups is 2. The van der Waals surface area contributed by atoms with Crippen molar-refractivity contribution in [3.63, 3.8) is 0 Å². The van der Waals surface area contributed by atoms with Crippen molar-refractivity contribution in [1.29, 1.82) is 0 Å². The van der Waals surface area contributed by atoms with E-state index in [4.69, 9.17) is 14.2 Å². The number of carboxylic acid groups (broad SMARTS) is 1. The van der Waals surface area contributed by atoms with Crippen LogP contribution in [0, 0.1) is 0 Å². The fourth-order valence-corrected chi connectivity index (χ4v) is 5.78. The van der Waals surface area contributed by atoms with Crippen LogP contribution in [0.1, 0.15) is 37.4 Å². The van der Waals surface area contributed by atoms with Gasteiger partial charge in [-0.1, -0.05) is 12.1 Å². The van der Waals surface area contributed by atoms with Gasteiger partial charge in [0.05, 0.1) is 29.9 Å². The number of aromatic hydroxyl groups is 1. The average Bonchev–Trinajstić information content (AvgIpc) is 2.98. The Morgan fingerprint density at radius 1 is 0.814 bits per heavy atom. The van der Waals surface area contributed by atoms with E-state index in [1.807, 2.05) is 0 Å². The van der Waals surface area contributed by atoms with E-state index in [0.29, 0.717) is 0 Å². The topological polar surface area (TPSA) is 284 Å². The van der Waals surface area contributed by atoms with Crippen LogP contribution < -0.4 is 4.74 Å². The highest BCUT2D eigenvalue weighted by atomic mass is 16.7. The second-order valence-electron chi connectivity index (χ2n) is 10.6. The molecule has 11 N–H and O–H groups in total. The Morgan fingerprint density at radius 3 is 2.02 bits per heavy atom. The van der Waals surface area contributed by atoms with Crippen LogP contribution in [-0.2, 0) is 15.1 Å². The van der Waals surface area contributed by atoms with Crippen molar-refractivity contribution >= 4 is 11.8 Å². The minimum absolute atomic E-state index is 0.404. The summed E-state index contributed by atoms with van der Waals surface area (Å²) < 4.78 is 16.7. The standard InChI is InChI=1S/C27H30O16/c28-6-13-17(31)20(34)22(36)24(41-13)27(40)9-2-1-3-12(42-26-23(37)21(35)18(32)14(7-29)43-26)16(9)19(33)15-10(27)4-8(25(38)39)5-11(15)30/h1-5,13-14,17-18,20-24,26,28-32,34-37,40H,6-7H2,(H,38,39)/t13-,14-,17-,18-,20+,21+,22-,23-,24+,26-,27+/m1/s1. The highest BCUT2D eigenvalue weighted by Crippen LogP contribution is 2.50. The summed E-state index contributed by atoms with van der Waals surface area (Å²) in [5.41, 5.74) is -5.48. The van der Waals surface area contributed by atoms with Crippen LogP contribution in [0.4, 0.5) is 0 Å². The quantitative estimate of drug-likeness (QED) is 0.148. The zero-order chi connectivity index (χ0) is 31.5. The molecule has 2 aromatic rings. The molecule has 16 nitrogen and oxygen atoms in total. The Balaban J connectivity index is 1.71. The summed E-state index contributed by atoms with van der Waals surface area (Å²) in [6.45, 7) is -1.68. The van der Waals surface area contributed by atoms with Crippen molar-refractivity contribution in [3.05, 3.63) is 58.1 Å². The molecule has 2 heterocycles. The maximum absolute atomic E-state index is 13.9. The molecule has 2 aromatic carbocycles. The minimum atomic E-state index is -2.77. The molecule has 1 aliphatic carbocycles. The summed E-state index contributed by atoms with van der Waals surface area (Å²) in [5.74, 6) is -3.93. The molecule has 3 aliphatic rings. The predicted octanol–water partition coefficient (Wildman–Crippen LogP) is -4.11. The Bertz CT molecular complexity index is 1410. The molecule has 5 rings (SSSR count). The van der Waals surface area contributed by atoms with Gasteiger partial charge in [0.25, 0.3) is 0 Å². The summed E-state index contributed by atoms with van der Waals surface area (Å²) in [6.07, 6.45) is -18.2. The SMILES string of the molecule is O=C(O)c1cc(O)c2c(c1)[C@](O)([C@H]1O[C@H](CO)[C@@H](O)[C@H](O)[C@H]1O)c1cccc(O[C@@H]3O[C@H](CO)[C@@H](O)[C@H](O)[C@H]3O)c1C2=O. The number of phenolic OH excluding ortho intramolecular Hbond substituents is 1. The molecular formula is C27H30O16. The van der Waals surface area contributed by atoms with Crippen LogP contribution in [0.3, 0.4) is 0 Å². The number of ketones is 1. The van der Waals surface area contributed by atoms with Crippen LogP contribution >= 0.6 is 0 Å². The minimum Gasteiger partial charge on any atom is -0.507 e. The molecule has 2 fully saturated rings. The maximum Gasteiger partial charge on any atom is 0.335 e. The lowest BCUT2D eigenvalue weighted by molar-refractivity contribution is -0.277. The second kappa shape index (κ2) is 11.3. The van der Waals surface area contributed by atoms with Gasteiger partial charge in [0.15, 0.2) is 0 Å². The van der Waals surface area contributed by atoms with Gasteiger partial charge in [-0.15, -0.1) is 0 Å². The molecular weight excluding hydrogens is 580 g/mol. The van der Waals surface area contributed by atoms with E-state index in [1.165, 1.54) is 18.2 Å². The fraction of sp³-hybridized carbons (Fsp3) is 0.481. The third-order valence-corrected chi connectivity index (χ3v) is 8.06. The van der Waals surface area contributed by atoms with E-state index < -0.39 is 131 Å². The van der Waals surface area contributed by atoms with E-state index in [-0.39, 0.29) is 0 Å². The van der Waals surface area contributed by atoms with Crippen molar-refractivity contribution < 1.29 is 80.0 Å². The summed E-state index contributed by atoms with van der Waals surface area (Å²) in [6, 6.07) is 5.18. The number of ether oxygens (including phenoxy) is 3. The van der Waals surface area contributed by atoms with E-state index in [1.54, 1.807) is 0 Å². The first kappa shape index (κ1) is 31.2. The molecule has 0 spiro atoms. The van der Waals surface area contributed by atoms with E-state index in [9.17, 15) is 65.8 Å². The Morgan fingerprint density at radius 2 is 1.42 bits per heavy atom. The normalized spacial score (nSPS) is 37.4. The number of benzene rings is 2. The Labute approximate surface area is 241 Å². The highest BCUT2D eigenvalue weighted by Gasteiger charge is 2.58. The van der Waals surface area contributed by atoms with Gasteiger partial charge >= 0.3 is 5.97 Å². The monoisotopic (exact) mass is 610 g/mol. The molecule has 0 aromatic heterocycles. The van der Waals surface area contributed by atoms with Crippen LogP contribution in [0.5, 0.6) is 11.5 Å². The predicted molar refractivity (Wildman–Crippen MR) is 136 cm³/mol. The smallest absolute Gasteiger partial charge is 0.335 e. The van der Waals surface area contributed by atoms with E-state index in [2.05, 4.69) is 0 Å². The molecule has 234 valence electrons. The molecule has 43 heavy (non-hydrogen) atoms. The van der Waals surface area contributed by atoms with Crippen molar-refractivity contribution in [2.24, 2.45) is 0 Å². The average molecular weight is 611 g/mol. The van der Waals surface area contributed by atoms with Gasteiger partial charge in [-0.2, -0.15) is 0 Å². The fourth-order valence-electron chi connectivity index (χ4n) is 5.78. The van der Waals surface area contributed by atoms with Gasteiger partial charge in [0.2, 0.25) is 12.1 Å². The molecule has 2 saturated heterocycles. The molecule has 11 atom stereocenters. The van der Waals surface area contributed by atoms with Crippen molar-refractivity contribution in [2.45, 2.75) is 66.8 Å². The summed E-state index contributed by atoms with van der Waals surface area (Å²) >= 11 is 0. The number of aliphatic hydroxyl groups excluding tert-OH is 8. The van der Waals surface area contributed by atoms with Gasteiger partial charge in [-0.3, -0.25) is 4.79 Å². The Hall–Kier alpha value is -3.26. The third-order valence-electron chi connectivity index (χ3n) is 8.06. The molecule has 0 radical (unpaired) electrons. The third kappa shape index (κ3) is 4.77. The zero-order valence-corrected chi connectivity index (χ0v) is 22.0. The number of phenols is 1. The lowest BCUT2D eigenvalue weighted by Crippen LogP contribution is -2.65. The van der Waals surface area contributed by atoms with Crippen molar-refractivity contribution in [1.82, 2.24) is 0 Å². The number of hydrogen-bond acceptors (Lipinski definition) is 15. The zero-order valence-electron chi connectivity index (χ0n) is 22.0. The number of fused-ring (bicyclic) bond motifs is 2. The molecule has 0 unspecified atom stereocenters. The van der Waals surface area contributed by atoms with Gasteiger partial charge in [0.1, 0.15) is 72.0 Å². The van der Waals surface area contributed by atoms with Gasteiger partial charge in [-0.05, 0) is 18.2 Å². The van der Waals surface area contributed by atoms with Crippen molar-refractivity contribution in [2.75, 3.05) is 13.2 Å². The van der Waals surface area contributed by atoms with E-state index in [0.717, 1.165) is 12.1 Å². The molecule has 0 saturated carbocycles. The van der Waals surface area contributed by atoms with E-state index >= 15 is 0 Å². The lowest BCUT2D eigenvalue weighted by atomic mass is 9.68. The number of aromatic carboxylic acids is 1. The molecule has 16 heteroatoms. The number of carboxylic acids is 1. The number of rotatable bonds is 6.